The third-order valence-corrected chi connectivity index (χ3v) is 3.56. The number of rotatable bonds is 6. The summed E-state index contributed by atoms with van der Waals surface area (Å²) in [5, 5.41) is 9.61. The molecule has 0 saturated carbocycles. The van der Waals surface area contributed by atoms with E-state index >= 15 is 0 Å². The summed E-state index contributed by atoms with van der Waals surface area (Å²) in [5.41, 5.74) is -0.0316. The zero-order chi connectivity index (χ0) is 16.3. The van der Waals surface area contributed by atoms with Crippen LogP contribution < -0.4 is 10.2 Å². The minimum atomic E-state index is -1.21. The topological polar surface area (TPSA) is 68.5 Å². The number of benzene rings is 1. The second-order valence-electron chi connectivity index (χ2n) is 5.53. The normalized spacial score (nSPS) is 11.1. The number of carboxylic acid groups (broad SMARTS) is 1. The molecule has 0 aliphatic rings. The number of carboxylic acids is 1. The van der Waals surface area contributed by atoms with Crippen molar-refractivity contribution < 1.29 is 14.6 Å². The van der Waals surface area contributed by atoms with Crippen LogP contribution in [0, 0.1) is 0 Å². The molecule has 0 amide bonds. The Morgan fingerprint density at radius 3 is 2.68 bits per heavy atom. The van der Waals surface area contributed by atoms with Crippen LogP contribution in [-0.2, 0) is 0 Å². The van der Waals surface area contributed by atoms with Crippen molar-refractivity contribution in [1.82, 2.24) is 4.57 Å². The molecule has 0 fully saturated rings. The molecule has 5 nitrogen and oxygen atoms in total. The van der Waals surface area contributed by atoms with Gasteiger partial charge in [-0.15, -0.1) is 0 Å². The van der Waals surface area contributed by atoms with Crippen molar-refractivity contribution in [2.24, 2.45) is 0 Å². The number of pyridine rings is 1. The Labute approximate surface area is 129 Å². The first kappa shape index (κ1) is 16.1. The first-order chi connectivity index (χ1) is 10.5. The zero-order valence-electron chi connectivity index (χ0n) is 13.1. The summed E-state index contributed by atoms with van der Waals surface area (Å²) in [6, 6.07) is 5.20. The van der Waals surface area contributed by atoms with Gasteiger partial charge in [0.05, 0.1) is 17.5 Å². The maximum absolute atomic E-state index is 12.4. The summed E-state index contributed by atoms with van der Waals surface area (Å²) in [4.78, 5) is 23.7. The third-order valence-electron chi connectivity index (χ3n) is 3.56. The number of aromatic carboxylic acids is 1. The number of carbonyl (C=O) groups is 1. The highest BCUT2D eigenvalue weighted by Crippen LogP contribution is 2.27. The Hall–Kier alpha value is -2.30. The minimum absolute atomic E-state index is 0.0112. The first-order valence-electron chi connectivity index (χ1n) is 7.51. The Balaban J connectivity index is 2.72. The molecule has 1 heterocycles. The van der Waals surface area contributed by atoms with Gasteiger partial charge < -0.3 is 14.4 Å². The lowest BCUT2D eigenvalue weighted by atomic mass is 10.1. The molecule has 22 heavy (non-hydrogen) atoms. The highest BCUT2D eigenvalue weighted by Gasteiger charge is 2.18. The summed E-state index contributed by atoms with van der Waals surface area (Å²) >= 11 is 0. The van der Waals surface area contributed by atoms with Crippen molar-refractivity contribution in [2.45, 2.75) is 39.7 Å². The molecular weight excluding hydrogens is 282 g/mol. The average Bonchev–Trinajstić information content (AvgIpc) is 2.47. The van der Waals surface area contributed by atoms with E-state index in [9.17, 15) is 14.7 Å². The quantitative estimate of drug-likeness (QED) is 0.830. The SMILES string of the molecule is CCCCOc1cccc2c(=O)c(C(=O)O)cn(C(C)C)c12. The highest BCUT2D eigenvalue weighted by molar-refractivity contribution is 5.94. The first-order valence-corrected chi connectivity index (χ1v) is 7.51. The lowest BCUT2D eigenvalue weighted by Crippen LogP contribution is -2.20. The molecule has 2 rings (SSSR count). The van der Waals surface area contributed by atoms with Gasteiger partial charge in [0, 0.05) is 12.2 Å². The van der Waals surface area contributed by atoms with Crippen LogP contribution in [0.3, 0.4) is 0 Å². The monoisotopic (exact) mass is 303 g/mol. The van der Waals surface area contributed by atoms with Gasteiger partial charge in [-0.3, -0.25) is 4.79 Å². The van der Waals surface area contributed by atoms with E-state index in [1.807, 2.05) is 19.9 Å². The van der Waals surface area contributed by atoms with E-state index in [2.05, 4.69) is 6.92 Å². The number of hydrogen-bond donors (Lipinski definition) is 1. The van der Waals surface area contributed by atoms with Crippen LogP contribution in [0.1, 0.15) is 50.0 Å². The second kappa shape index (κ2) is 6.64. The van der Waals surface area contributed by atoms with E-state index in [0.29, 0.717) is 23.3 Å². The van der Waals surface area contributed by atoms with Crippen molar-refractivity contribution in [3.63, 3.8) is 0 Å². The van der Waals surface area contributed by atoms with Crippen molar-refractivity contribution in [3.05, 3.63) is 40.2 Å². The summed E-state index contributed by atoms with van der Waals surface area (Å²) in [5.74, 6) is -0.590. The maximum Gasteiger partial charge on any atom is 0.341 e. The standard InChI is InChI=1S/C17H21NO4/c1-4-5-9-22-14-8-6-7-12-15(14)18(11(2)3)10-13(16(12)19)17(20)21/h6-8,10-11H,4-5,9H2,1-3H3,(H,20,21). The molecule has 0 bridgehead atoms. The molecule has 1 N–H and O–H groups in total. The van der Waals surface area contributed by atoms with Crippen LogP contribution in [0.4, 0.5) is 0 Å². The second-order valence-corrected chi connectivity index (χ2v) is 5.53. The molecular formula is C17H21NO4. The highest BCUT2D eigenvalue weighted by atomic mass is 16.5. The fourth-order valence-electron chi connectivity index (χ4n) is 2.38. The van der Waals surface area contributed by atoms with E-state index in [4.69, 9.17) is 4.74 Å². The molecule has 0 unspecified atom stereocenters. The van der Waals surface area contributed by atoms with E-state index in [1.54, 1.807) is 16.7 Å². The van der Waals surface area contributed by atoms with E-state index in [0.717, 1.165) is 12.8 Å². The number of hydrogen-bond acceptors (Lipinski definition) is 3. The smallest absolute Gasteiger partial charge is 0.341 e. The molecule has 0 aliphatic carbocycles. The van der Waals surface area contributed by atoms with E-state index < -0.39 is 11.4 Å². The molecule has 0 spiro atoms. The van der Waals surface area contributed by atoms with E-state index in [1.165, 1.54) is 6.20 Å². The zero-order valence-corrected chi connectivity index (χ0v) is 13.1. The summed E-state index contributed by atoms with van der Waals surface area (Å²) in [6.45, 7) is 6.54. The van der Waals surface area contributed by atoms with Gasteiger partial charge in [-0.2, -0.15) is 0 Å². The Kier molecular flexibility index (Phi) is 4.85. The predicted octanol–water partition coefficient (Wildman–Crippen LogP) is 3.46. The fourth-order valence-corrected chi connectivity index (χ4v) is 2.38. The third kappa shape index (κ3) is 2.98. The van der Waals surface area contributed by atoms with Crippen LogP contribution in [0.2, 0.25) is 0 Å². The van der Waals surface area contributed by atoms with Gasteiger partial charge in [0.25, 0.3) is 0 Å². The number of unbranched alkanes of at least 4 members (excludes halogenated alkanes) is 1. The van der Waals surface area contributed by atoms with Crippen LogP contribution in [0.5, 0.6) is 5.75 Å². The molecule has 2 aromatic rings. The van der Waals surface area contributed by atoms with Crippen molar-refractivity contribution >= 4 is 16.9 Å². The lowest BCUT2D eigenvalue weighted by molar-refractivity contribution is 0.0694. The largest absolute Gasteiger partial charge is 0.491 e. The molecule has 118 valence electrons. The van der Waals surface area contributed by atoms with Gasteiger partial charge in [-0.25, -0.2) is 4.79 Å². The van der Waals surface area contributed by atoms with Crippen molar-refractivity contribution in [3.8, 4) is 5.75 Å². The van der Waals surface area contributed by atoms with Gasteiger partial charge >= 0.3 is 5.97 Å². The number of nitrogens with zero attached hydrogens (tertiary/aromatic N) is 1. The summed E-state index contributed by atoms with van der Waals surface area (Å²) in [6.07, 6.45) is 3.35. The van der Waals surface area contributed by atoms with Gasteiger partial charge in [0.15, 0.2) is 0 Å². The predicted molar refractivity (Wildman–Crippen MR) is 86.0 cm³/mol. The minimum Gasteiger partial charge on any atom is -0.491 e. The Morgan fingerprint density at radius 2 is 2.09 bits per heavy atom. The number of para-hydroxylation sites is 1. The van der Waals surface area contributed by atoms with Crippen LogP contribution in [0.25, 0.3) is 10.9 Å². The molecule has 0 saturated heterocycles. The fraction of sp³-hybridized carbons (Fsp3) is 0.412. The molecule has 1 aromatic carbocycles. The summed E-state index contributed by atoms with van der Waals surface area (Å²) in [7, 11) is 0. The van der Waals surface area contributed by atoms with E-state index in [-0.39, 0.29) is 11.6 Å². The van der Waals surface area contributed by atoms with Gasteiger partial charge in [-0.05, 0) is 32.4 Å². The Morgan fingerprint density at radius 1 is 1.36 bits per heavy atom. The number of aromatic nitrogens is 1. The maximum atomic E-state index is 12.4. The molecule has 5 heteroatoms. The summed E-state index contributed by atoms with van der Waals surface area (Å²) < 4.78 is 7.59. The lowest BCUT2D eigenvalue weighted by Gasteiger charge is -2.18. The van der Waals surface area contributed by atoms with Crippen molar-refractivity contribution in [2.75, 3.05) is 6.61 Å². The average molecular weight is 303 g/mol. The van der Waals surface area contributed by atoms with Crippen molar-refractivity contribution in [1.29, 1.82) is 0 Å². The number of fused-ring (bicyclic) bond motifs is 1. The molecule has 0 atom stereocenters. The van der Waals surface area contributed by atoms with Gasteiger partial charge in [-0.1, -0.05) is 19.4 Å². The van der Waals surface area contributed by atoms with Crippen LogP contribution >= 0.6 is 0 Å². The molecule has 1 aromatic heterocycles. The van der Waals surface area contributed by atoms with Gasteiger partial charge in [0.2, 0.25) is 5.43 Å². The molecule has 0 radical (unpaired) electrons. The molecule has 0 aliphatic heterocycles. The van der Waals surface area contributed by atoms with Crippen LogP contribution in [-0.4, -0.2) is 22.2 Å². The van der Waals surface area contributed by atoms with Crippen LogP contribution in [0.15, 0.2) is 29.2 Å². The Bertz CT molecular complexity index is 746. The van der Waals surface area contributed by atoms with Gasteiger partial charge in [0.1, 0.15) is 11.3 Å². The number of ether oxygens (including phenoxy) is 1.